The molecule has 1 atom stereocenters. The third-order valence-electron chi connectivity index (χ3n) is 3.21. The Balaban J connectivity index is 2.41. The molecule has 0 aliphatic carbocycles. The third-order valence-corrected chi connectivity index (χ3v) is 6.03. The summed E-state index contributed by atoms with van der Waals surface area (Å²) in [7, 11) is -4.22. The summed E-state index contributed by atoms with van der Waals surface area (Å²) in [6.07, 6.45) is 0. The van der Waals surface area contributed by atoms with Gasteiger partial charge in [0, 0.05) is 11.0 Å². The second-order valence-corrected chi connectivity index (χ2v) is 7.37. The quantitative estimate of drug-likeness (QED) is 0.562. The first kappa shape index (κ1) is 15.6. The number of hydrogen-bond acceptors (Lipinski definition) is 3. The zero-order valence-electron chi connectivity index (χ0n) is 10.5. The van der Waals surface area contributed by atoms with Crippen LogP contribution in [0.25, 0.3) is 0 Å². The van der Waals surface area contributed by atoms with Crippen molar-refractivity contribution in [1.29, 1.82) is 0 Å². The van der Waals surface area contributed by atoms with E-state index in [9.17, 15) is 22.0 Å². The summed E-state index contributed by atoms with van der Waals surface area (Å²) in [5.41, 5.74) is 0.840. The number of nitrogens with zero attached hydrogens (tertiary/aromatic N) is 1. The van der Waals surface area contributed by atoms with Crippen LogP contribution in [0.15, 0.2) is 29.2 Å². The molecule has 1 fully saturated rings. The van der Waals surface area contributed by atoms with Gasteiger partial charge in [-0.2, -0.15) is 8.78 Å². The van der Waals surface area contributed by atoms with E-state index in [1.165, 1.54) is 12.1 Å². The third kappa shape index (κ3) is 2.43. The van der Waals surface area contributed by atoms with E-state index in [4.69, 9.17) is 0 Å². The Morgan fingerprint density at radius 3 is 2.35 bits per heavy atom. The molecule has 0 bridgehead atoms. The lowest BCUT2D eigenvalue weighted by molar-refractivity contribution is -0.147. The van der Waals surface area contributed by atoms with Crippen LogP contribution in [0.2, 0.25) is 0 Å². The van der Waals surface area contributed by atoms with Crippen molar-refractivity contribution in [2.45, 2.75) is 17.7 Å². The molecular weight excluding hydrogens is 403 g/mol. The van der Waals surface area contributed by atoms with E-state index in [0.717, 1.165) is 5.56 Å². The Labute approximate surface area is 129 Å². The zero-order valence-corrected chi connectivity index (χ0v) is 13.5. The fourth-order valence-corrected chi connectivity index (χ4v) is 4.21. The average Bonchev–Trinajstić information content (AvgIpc) is 2.61. The molecule has 4 nitrogen and oxygen atoms in total. The van der Waals surface area contributed by atoms with Gasteiger partial charge in [-0.15, -0.1) is 0 Å². The highest BCUT2D eigenvalue weighted by atomic mass is 127. The molecule has 1 aromatic rings. The number of halogens is 3. The molecule has 0 N–H and O–H groups in total. The standard InChI is InChI=1S/C12H12F2INO3S/c1-8-2-4-10(5-3-8)20(18,19)16-7-9(6-15)12(13,14)11(16)17/h2-5,9H,6-7H2,1H3. The summed E-state index contributed by atoms with van der Waals surface area (Å²) in [5, 5.41) is 0. The molecule has 1 amide bonds. The van der Waals surface area contributed by atoms with E-state index in [-0.39, 0.29) is 9.32 Å². The Hall–Kier alpha value is -0.770. The summed E-state index contributed by atoms with van der Waals surface area (Å²) in [4.78, 5) is 11.5. The molecular formula is C12H12F2INO3S. The maximum absolute atomic E-state index is 13.7. The number of carbonyl (C=O) groups is 1. The molecule has 1 saturated heterocycles. The highest BCUT2D eigenvalue weighted by molar-refractivity contribution is 14.1. The van der Waals surface area contributed by atoms with Crippen molar-refractivity contribution < 1.29 is 22.0 Å². The number of carbonyl (C=O) groups excluding carboxylic acids is 1. The Bertz CT molecular complexity index is 631. The summed E-state index contributed by atoms with van der Waals surface area (Å²) in [6.45, 7) is 1.29. The van der Waals surface area contributed by atoms with Crippen LogP contribution in [0.4, 0.5) is 8.78 Å². The minimum atomic E-state index is -4.22. The number of alkyl halides is 3. The first-order valence-corrected chi connectivity index (χ1v) is 8.75. The maximum Gasteiger partial charge on any atom is 0.331 e. The van der Waals surface area contributed by atoms with Crippen LogP contribution in [-0.4, -0.2) is 35.5 Å². The van der Waals surface area contributed by atoms with Gasteiger partial charge in [-0.25, -0.2) is 12.7 Å². The molecule has 0 aromatic heterocycles. The summed E-state index contributed by atoms with van der Waals surface area (Å²) in [5.74, 6) is -6.55. The fraction of sp³-hybridized carbons (Fsp3) is 0.417. The molecule has 8 heteroatoms. The first-order valence-electron chi connectivity index (χ1n) is 5.79. The molecule has 20 heavy (non-hydrogen) atoms. The largest absolute Gasteiger partial charge is 0.331 e. The van der Waals surface area contributed by atoms with E-state index in [2.05, 4.69) is 0 Å². The lowest BCUT2D eigenvalue weighted by atomic mass is 10.1. The molecule has 1 aromatic carbocycles. The molecule has 2 rings (SSSR count). The van der Waals surface area contributed by atoms with Crippen molar-refractivity contribution in [3.8, 4) is 0 Å². The van der Waals surface area contributed by atoms with Crippen LogP contribution in [-0.2, 0) is 14.8 Å². The minimum absolute atomic E-state index is 0.0103. The molecule has 1 heterocycles. The molecule has 1 aliphatic heterocycles. The van der Waals surface area contributed by atoms with Gasteiger partial charge in [0.15, 0.2) is 0 Å². The molecule has 0 saturated carbocycles. The van der Waals surface area contributed by atoms with E-state index < -0.39 is 34.3 Å². The number of hydrogen-bond donors (Lipinski definition) is 0. The number of rotatable bonds is 3. The average molecular weight is 415 g/mol. The predicted octanol–water partition coefficient (Wildman–Crippen LogP) is 2.21. The van der Waals surface area contributed by atoms with Gasteiger partial charge in [-0.3, -0.25) is 4.79 Å². The molecule has 0 spiro atoms. The SMILES string of the molecule is Cc1ccc(S(=O)(=O)N2CC(CI)C(F)(F)C2=O)cc1. The van der Waals surface area contributed by atoms with Crippen LogP contribution in [0.3, 0.4) is 0 Å². The van der Waals surface area contributed by atoms with Crippen LogP contribution < -0.4 is 0 Å². The first-order chi connectivity index (χ1) is 9.21. The van der Waals surface area contributed by atoms with Gasteiger partial charge in [0.2, 0.25) is 0 Å². The van der Waals surface area contributed by atoms with Crippen LogP contribution in [0.1, 0.15) is 5.56 Å². The van der Waals surface area contributed by atoms with Crippen molar-refractivity contribution >= 4 is 38.5 Å². The minimum Gasteiger partial charge on any atom is -0.267 e. The van der Waals surface area contributed by atoms with E-state index in [1.807, 2.05) is 0 Å². The Morgan fingerprint density at radius 1 is 1.35 bits per heavy atom. The van der Waals surface area contributed by atoms with Gasteiger partial charge in [-0.1, -0.05) is 40.3 Å². The van der Waals surface area contributed by atoms with Crippen molar-refractivity contribution in [3.05, 3.63) is 29.8 Å². The summed E-state index contributed by atoms with van der Waals surface area (Å²) >= 11 is 1.73. The number of sulfonamides is 1. The monoisotopic (exact) mass is 415 g/mol. The van der Waals surface area contributed by atoms with E-state index in [0.29, 0.717) is 4.31 Å². The molecule has 1 unspecified atom stereocenters. The van der Waals surface area contributed by atoms with Gasteiger partial charge >= 0.3 is 11.8 Å². The van der Waals surface area contributed by atoms with Crippen molar-refractivity contribution in [2.75, 3.05) is 11.0 Å². The second-order valence-electron chi connectivity index (χ2n) is 4.63. The highest BCUT2D eigenvalue weighted by Gasteiger charge is 2.58. The summed E-state index contributed by atoms with van der Waals surface area (Å²) in [6, 6.07) is 5.74. The highest BCUT2D eigenvalue weighted by Crippen LogP contribution is 2.38. The summed E-state index contributed by atoms with van der Waals surface area (Å²) < 4.78 is 52.3. The van der Waals surface area contributed by atoms with E-state index >= 15 is 0 Å². The van der Waals surface area contributed by atoms with Gasteiger partial charge in [0.05, 0.1) is 10.8 Å². The van der Waals surface area contributed by atoms with Crippen LogP contribution >= 0.6 is 22.6 Å². The second kappa shape index (κ2) is 5.21. The van der Waals surface area contributed by atoms with Crippen molar-refractivity contribution in [1.82, 2.24) is 4.31 Å². The Morgan fingerprint density at radius 2 is 1.90 bits per heavy atom. The van der Waals surface area contributed by atoms with Gasteiger partial charge in [0.1, 0.15) is 0 Å². The van der Waals surface area contributed by atoms with Crippen LogP contribution in [0, 0.1) is 12.8 Å². The predicted molar refractivity (Wildman–Crippen MR) is 77.4 cm³/mol. The molecule has 110 valence electrons. The normalized spacial score (nSPS) is 22.3. The van der Waals surface area contributed by atoms with Gasteiger partial charge < -0.3 is 0 Å². The molecule has 1 aliphatic rings. The van der Waals surface area contributed by atoms with Gasteiger partial charge in [-0.05, 0) is 19.1 Å². The van der Waals surface area contributed by atoms with Crippen molar-refractivity contribution in [2.24, 2.45) is 5.92 Å². The fourth-order valence-electron chi connectivity index (χ4n) is 1.93. The van der Waals surface area contributed by atoms with Gasteiger partial charge in [0.25, 0.3) is 10.0 Å². The van der Waals surface area contributed by atoms with E-state index in [1.54, 1.807) is 41.6 Å². The number of aryl methyl sites for hydroxylation is 1. The van der Waals surface area contributed by atoms with Crippen LogP contribution in [0.5, 0.6) is 0 Å². The smallest absolute Gasteiger partial charge is 0.267 e. The number of amides is 1. The van der Waals surface area contributed by atoms with Crippen molar-refractivity contribution in [3.63, 3.8) is 0 Å². The molecule has 0 radical (unpaired) electrons. The Kier molecular flexibility index (Phi) is 4.07. The maximum atomic E-state index is 13.7. The number of benzene rings is 1. The zero-order chi connectivity index (χ0) is 15.1. The topological polar surface area (TPSA) is 54.5 Å². The lowest BCUT2D eigenvalue weighted by Gasteiger charge is -2.16. The lowest BCUT2D eigenvalue weighted by Crippen LogP contribution is -2.38.